The Labute approximate surface area is 120 Å². The topological polar surface area (TPSA) is 0 Å². The molecule has 0 aliphatic carbocycles. The molecule has 0 spiro atoms. The van der Waals surface area contributed by atoms with Crippen LogP contribution in [0.4, 0.5) is 4.39 Å². The van der Waals surface area contributed by atoms with Crippen LogP contribution in [0.2, 0.25) is 5.02 Å². The van der Waals surface area contributed by atoms with Gasteiger partial charge in [-0.15, -0.1) is 0 Å². The molecule has 0 amide bonds. The van der Waals surface area contributed by atoms with Gasteiger partial charge in [-0.2, -0.15) is 0 Å². The summed E-state index contributed by atoms with van der Waals surface area (Å²) < 4.78 is 13.1. The summed E-state index contributed by atoms with van der Waals surface area (Å²) in [5, 5.41) is 0.760. The molecule has 0 nitrogen and oxygen atoms in total. The van der Waals surface area contributed by atoms with E-state index in [1.54, 1.807) is 12.1 Å². The third-order valence-electron chi connectivity index (χ3n) is 2.95. The number of benzene rings is 2. The second-order valence-electron chi connectivity index (χ2n) is 4.26. The lowest BCUT2D eigenvalue weighted by atomic mass is 10.0. The average Bonchev–Trinajstić information content (AvgIpc) is 2.32. The van der Waals surface area contributed by atoms with Crippen molar-refractivity contribution in [3.63, 3.8) is 0 Å². The lowest BCUT2D eigenvalue weighted by molar-refractivity contribution is 0.625. The fraction of sp³-hybridized carbons (Fsp3) is 0.200. The van der Waals surface area contributed by atoms with Crippen LogP contribution in [0, 0.1) is 12.7 Å². The molecule has 3 heteroatoms. The van der Waals surface area contributed by atoms with Gasteiger partial charge < -0.3 is 0 Å². The Hall–Kier alpha value is -0.860. The Bertz CT molecular complexity index is 554. The van der Waals surface area contributed by atoms with Crippen molar-refractivity contribution in [2.75, 3.05) is 0 Å². The molecular weight excluding hydrogens is 315 g/mol. The fourth-order valence-electron chi connectivity index (χ4n) is 1.94. The Kier molecular flexibility index (Phi) is 4.41. The van der Waals surface area contributed by atoms with Crippen molar-refractivity contribution >= 4 is 27.5 Å². The Morgan fingerprint density at radius 3 is 2.67 bits per heavy atom. The minimum Gasteiger partial charge on any atom is -0.207 e. The van der Waals surface area contributed by atoms with Crippen LogP contribution in [-0.4, -0.2) is 0 Å². The highest BCUT2D eigenvalue weighted by Gasteiger charge is 2.12. The van der Waals surface area contributed by atoms with E-state index in [4.69, 9.17) is 11.6 Å². The van der Waals surface area contributed by atoms with Crippen LogP contribution in [0.5, 0.6) is 0 Å². The van der Waals surface area contributed by atoms with Crippen molar-refractivity contribution in [1.82, 2.24) is 0 Å². The average molecular weight is 328 g/mol. The molecular formula is C15H13BrClF. The van der Waals surface area contributed by atoms with Gasteiger partial charge in [0.1, 0.15) is 5.82 Å². The number of hydrogen-bond acceptors (Lipinski definition) is 0. The van der Waals surface area contributed by atoms with Gasteiger partial charge in [-0.25, -0.2) is 4.39 Å². The second kappa shape index (κ2) is 5.85. The van der Waals surface area contributed by atoms with E-state index in [9.17, 15) is 4.39 Å². The zero-order chi connectivity index (χ0) is 13.1. The molecule has 0 saturated heterocycles. The summed E-state index contributed by atoms with van der Waals surface area (Å²) in [6, 6.07) is 12.5. The van der Waals surface area contributed by atoms with Gasteiger partial charge in [0, 0.05) is 9.85 Å². The number of alkyl halides is 1. The minimum atomic E-state index is -0.199. The Morgan fingerprint density at radius 1 is 1.22 bits per heavy atom. The smallest absolute Gasteiger partial charge is 0.123 e. The maximum Gasteiger partial charge on any atom is 0.123 e. The SMILES string of the molecule is Cc1c(Cl)cccc1C(Br)Cc1cccc(F)c1. The predicted octanol–water partition coefficient (Wildman–Crippen LogP) is 5.47. The summed E-state index contributed by atoms with van der Waals surface area (Å²) in [5.74, 6) is -0.199. The monoisotopic (exact) mass is 326 g/mol. The van der Waals surface area contributed by atoms with Crippen molar-refractivity contribution in [3.8, 4) is 0 Å². The minimum absolute atomic E-state index is 0.137. The molecule has 0 saturated carbocycles. The highest BCUT2D eigenvalue weighted by Crippen LogP contribution is 2.32. The molecule has 1 unspecified atom stereocenters. The zero-order valence-electron chi connectivity index (χ0n) is 9.96. The molecule has 0 fully saturated rings. The molecule has 0 aliphatic rings. The molecule has 94 valence electrons. The van der Waals surface area contributed by atoms with Gasteiger partial charge in [0.15, 0.2) is 0 Å². The van der Waals surface area contributed by atoms with E-state index in [2.05, 4.69) is 15.9 Å². The highest BCUT2D eigenvalue weighted by atomic mass is 79.9. The van der Waals surface area contributed by atoms with E-state index in [1.165, 1.54) is 6.07 Å². The molecule has 1 atom stereocenters. The third-order valence-corrected chi connectivity index (χ3v) is 4.18. The third kappa shape index (κ3) is 3.12. The van der Waals surface area contributed by atoms with Crippen LogP contribution >= 0.6 is 27.5 Å². The molecule has 2 aromatic carbocycles. The lowest BCUT2D eigenvalue weighted by Crippen LogP contribution is -1.98. The molecule has 18 heavy (non-hydrogen) atoms. The van der Waals surface area contributed by atoms with Crippen LogP contribution in [0.3, 0.4) is 0 Å². The van der Waals surface area contributed by atoms with Crippen LogP contribution in [0.25, 0.3) is 0 Å². The first kappa shape index (κ1) is 13.6. The molecule has 0 heterocycles. The zero-order valence-corrected chi connectivity index (χ0v) is 12.3. The van der Waals surface area contributed by atoms with Gasteiger partial charge in [0.25, 0.3) is 0 Å². The van der Waals surface area contributed by atoms with Crippen LogP contribution in [0.15, 0.2) is 42.5 Å². The van der Waals surface area contributed by atoms with E-state index in [0.29, 0.717) is 0 Å². The Balaban J connectivity index is 2.22. The van der Waals surface area contributed by atoms with E-state index in [0.717, 1.165) is 28.1 Å². The first-order valence-electron chi connectivity index (χ1n) is 5.71. The highest BCUT2D eigenvalue weighted by molar-refractivity contribution is 9.09. The number of hydrogen-bond donors (Lipinski definition) is 0. The summed E-state index contributed by atoms with van der Waals surface area (Å²) in [7, 11) is 0. The summed E-state index contributed by atoms with van der Waals surface area (Å²) in [4.78, 5) is 0.137. The summed E-state index contributed by atoms with van der Waals surface area (Å²) in [5.41, 5.74) is 3.18. The summed E-state index contributed by atoms with van der Waals surface area (Å²) >= 11 is 9.76. The van der Waals surface area contributed by atoms with Gasteiger partial charge in [-0.3, -0.25) is 0 Å². The van der Waals surface area contributed by atoms with E-state index >= 15 is 0 Å². The molecule has 0 aliphatic heterocycles. The maximum atomic E-state index is 13.1. The second-order valence-corrected chi connectivity index (χ2v) is 5.77. The van der Waals surface area contributed by atoms with Gasteiger partial charge in [0.2, 0.25) is 0 Å². The van der Waals surface area contributed by atoms with Gasteiger partial charge in [-0.05, 0) is 48.2 Å². The van der Waals surface area contributed by atoms with Crippen molar-refractivity contribution in [2.24, 2.45) is 0 Å². The molecule has 0 aromatic heterocycles. The van der Waals surface area contributed by atoms with Crippen LogP contribution in [-0.2, 0) is 6.42 Å². The van der Waals surface area contributed by atoms with Crippen molar-refractivity contribution < 1.29 is 4.39 Å². The standard InChI is InChI=1S/C15H13BrClF/c1-10-13(6-3-7-15(10)17)14(16)9-11-4-2-5-12(18)8-11/h2-8,14H,9H2,1H3. The van der Waals surface area contributed by atoms with E-state index < -0.39 is 0 Å². The molecule has 0 N–H and O–H groups in total. The van der Waals surface area contributed by atoms with Gasteiger partial charge in [-0.1, -0.05) is 51.8 Å². The largest absolute Gasteiger partial charge is 0.207 e. The summed E-state index contributed by atoms with van der Waals surface area (Å²) in [6.45, 7) is 2.00. The maximum absolute atomic E-state index is 13.1. The Morgan fingerprint density at radius 2 is 1.94 bits per heavy atom. The quantitative estimate of drug-likeness (QED) is 0.656. The van der Waals surface area contributed by atoms with Gasteiger partial charge >= 0.3 is 0 Å². The van der Waals surface area contributed by atoms with Crippen molar-refractivity contribution in [1.29, 1.82) is 0 Å². The van der Waals surface area contributed by atoms with Crippen molar-refractivity contribution in [2.45, 2.75) is 18.2 Å². The van der Waals surface area contributed by atoms with Crippen LogP contribution < -0.4 is 0 Å². The molecule has 2 rings (SSSR count). The van der Waals surface area contributed by atoms with E-state index in [-0.39, 0.29) is 10.6 Å². The summed E-state index contributed by atoms with van der Waals surface area (Å²) in [6.07, 6.45) is 0.735. The first-order chi connectivity index (χ1) is 8.58. The lowest BCUT2D eigenvalue weighted by Gasteiger charge is -2.14. The molecule has 0 bridgehead atoms. The van der Waals surface area contributed by atoms with Crippen molar-refractivity contribution in [3.05, 3.63) is 70.0 Å². The van der Waals surface area contributed by atoms with E-state index in [1.807, 2.05) is 31.2 Å². The fourth-order valence-corrected chi connectivity index (χ4v) is 3.00. The normalized spacial score (nSPS) is 12.4. The number of rotatable bonds is 3. The van der Waals surface area contributed by atoms with Gasteiger partial charge in [0.05, 0.1) is 0 Å². The number of halogens is 3. The molecule has 2 aromatic rings. The van der Waals surface area contributed by atoms with Crippen LogP contribution in [0.1, 0.15) is 21.5 Å². The predicted molar refractivity (Wildman–Crippen MR) is 78.0 cm³/mol. The first-order valence-corrected chi connectivity index (χ1v) is 7.01. The molecule has 0 radical (unpaired) electrons.